The summed E-state index contributed by atoms with van der Waals surface area (Å²) in [7, 11) is -3.89. The Bertz CT molecular complexity index is 1240. The Morgan fingerprint density at radius 1 is 1.09 bits per heavy atom. The number of amides is 1. The van der Waals surface area contributed by atoms with Crippen LogP contribution in [-0.2, 0) is 24.3 Å². The predicted molar refractivity (Wildman–Crippen MR) is 121 cm³/mol. The molecule has 0 unspecified atom stereocenters. The van der Waals surface area contributed by atoms with Crippen LogP contribution in [-0.4, -0.2) is 42.7 Å². The maximum Gasteiger partial charge on any atom is 0.324 e. The van der Waals surface area contributed by atoms with E-state index < -0.39 is 34.5 Å². The highest BCUT2D eigenvalue weighted by Gasteiger charge is 2.28. The molecule has 10 heteroatoms. The van der Waals surface area contributed by atoms with Gasteiger partial charge in [-0.15, -0.1) is 0 Å². The van der Waals surface area contributed by atoms with E-state index in [2.05, 4.69) is 15.1 Å². The van der Waals surface area contributed by atoms with Crippen LogP contribution in [0.2, 0.25) is 0 Å². The average Bonchev–Trinajstić information content (AvgIpc) is 3.59. The first-order valence-electron chi connectivity index (χ1n) is 10.5. The molecule has 4 rings (SSSR count). The number of esters is 1. The molecule has 1 fully saturated rings. The van der Waals surface area contributed by atoms with Crippen LogP contribution in [0.4, 0.5) is 5.82 Å². The number of nitrogens with zero attached hydrogens (tertiary/aromatic N) is 2. The Kier molecular flexibility index (Phi) is 6.57. The van der Waals surface area contributed by atoms with Crippen LogP contribution < -0.4 is 10.0 Å². The van der Waals surface area contributed by atoms with Crippen molar-refractivity contribution in [3.63, 3.8) is 0 Å². The lowest BCUT2D eigenvalue weighted by Crippen LogP contribution is -2.40. The number of hydrogen-bond acceptors (Lipinski definition) is 6. The van der Waals surface area contributed by atoms with Gasteiger partial charge >= 0.3 is 5.97 Å². The number of carbonyl (C=O) groups is 2. The fraction of sp³-hybridized carbons (Fsp3) is 0.261. The zero-order valence-electron chi connectivity index (χ0n) is 18.0. The van der Waals surface area contributed by atoms with E-state index >= 15 is 0 Å². The molecular formula is C23H24N4O5S. The van der Waals surface area contributed by atoms with Crippen molar-refractivity contribution in [2.24, 2.45) is 0 Å². The molecule has 1 amide bonds. The smallest absolute Gasteiger partial charge is 0.324 e. The van der Waals surface area contributed by atoms with Gasteiger partial charge in [0, 0.05) is 12.0 Å². The second-order valence-electron chi connectivity index (χ2n) is 7.79. The number of ether oxygens (including phenoxy) is 1. The Balaban J connectivity index is 1.36. The molecule has 1 aromatic heterocycles. The van der Waals surface area contributed by atoms with Crippen molar-refractivity contribution in [3.8, 4) is 5.69 Å². The number of nitrogens with one attached hydrogen (secondary N) is 2. The maximum absolute atomic E-state index is 12.5. The largest absolute Gasteiger partial charge is 0.454 e. The lowest BCUT2D eigenvalue weighted by Gasteiger charge is -2.14. The molecule has 1 aliphatic rings. The van der Waals surface area contributed by atoms with Crippen molar-refractivity contribution in [2.45, 2.75) is 36.6 Å². The van der Waals surface area contributed by atoms with E-state index in [4.69, 9.17) is 4.74 Å². The number of benzene rings is 2. The summed E-state index contributed by atoms with van der Waals surface area (Å²) in [6.45, 7) is 0.794. The molecule has 0 bridgehead atoms. The van der Waals surface area contributed by atoms with Gasteiger partial charge in [-0.1, -0.05) is 36.4 Å². The van der Waals surface area contributed by atoms with Crippen LogP contribution in [0.5, 0.6) is 0 Å². The van der Waals surface area contributed by atoms with Gasteiger partial charge in [-0.2, -0.15) is 9.82 Å². The van der Waals surface area contributed by atoms with Gasteiger partial charge in [0.1, 0.15) is 11.9 Å². The molecule has 3 aromatic rings. The monoisotopic (exact) mass is 468 g/mol. The van der Waals surface area contributed by atoms with Crippen molar-refractivity contribution in [1.82, 2.24) is 14.5 Å². The molecule has 0 radical (unpaired) electrons. The zero-order valence-corrected chi connectivity index (χ0v) is 18.8. The van der Waals surface area contributed by atoms with E-state index in [0.717, 1.165) is 24.2 Å². The maximum atomic E-state index is 12.5. The number of sulfonamides is 1. The minimum Gasteiger partial charge on any atom is -0.454 e. The molecular weight excluding hydrogens is 444 g/mol. The second-order valence-corrected chi connectivity index (χ2v) is 9.50. The molecule has 9 nitrogen and oxygen atoms in total. The molecule has 1 saturated carbocycles. The third-order valence-electron chi connectivity index (χ3n) is 5.08. The molecule has 1 heterocycles. The molecule has 0 saturated heterocycles. The first kappa shape index (κ1) is 22.7. The number of aromatic nitrogens is 2. The van der Waals surface area contributed by atoms with Gasteiger partial charge in [0.05, 0.1) is 16.3 Å². The van der Waals surface area contributed by atoms with Crippen molar-refractivity contribution < 1.29 is 22.7 Å². The van der Waals surface area contributed by atoms with E-state index in [1.165, 1.54) is 19.1 Å². The van der Waals surface area contributed by atoms with E-state index in [1.807, 2.05) is 36.4 Å². The van der Waals surface area contributed by atoms with E-state index in [1.54, 1.807) is 22.9 Å². The average molecular weight is 469 g/mol. The summed E-state index contributed by atoms with van der Waals surface area (Å²) in [6, 6.07) is 17.7. The molecule has 172 valence electrons. The number of hydrogen-bond donors (Lipinski definition) is 2. The summed E-state index contributed by atoms with van der Waals surface area (Å²) in [5.41, 5.74) is 1.69. The van der Waals surface area contributed by atoms with Gasteiger partial charge in [-0.25, -0.2) is 13.1 Å². The van der Waals surface area contributed by atoms with Gasteiger partial charge in [-0.3, -0.25) is 9.59 Å². The van der Waals surface area contributed by atoms with Crippen LogP contribution in [0, 0.1) is 0 Å². The fourth-order valence-electron chi connectivity index (χ4n) is 3.22. The quantitative estimate of drug-likeness (QED) is 0.466. The van der Waals surface area contributed by atoms with Crippen LogP contribution in [0.1, 0.15) is 31.4 Å². The SMILES string of the molecule is C[C@H](NS(=O)(=O)c1ccccc1)C(=O)OCC(=O)Nc1cc(C2CC2)nn1-c1ccccc1. The Hall–Kier alpha value is -3.50. The summed E-state index contributed by atoms with van der Waals surface area (Å²) in [5.74, 6) is -0.551. The minimum atomic E-state index is -3.89. The summed E-state index contributed by atoms with van der Waals surface area (Å²) in [4.78, 5) is 24.7. The third-order valence-corrected chi connectivity index (χ3v) is 6.63. The summed E-state index contributed by atoms with van der Waals surface area (Å²) in [6.07, 6.45) is 2.13. The summed E-state index contributed by atoms with van der Waals surface area (Å²) < 4.78 is 33.6. The lowest BCUT2D eigenvalue weighted by molar-refractivity contribution is -0.148. The zero-order chi connectivity index (χ0) is 23.4. The van der Waals surface area contributed by atoms with Crippen LogP contribution in [0.15, 0.2) is 71.6 Å². The predicted octanol–water partition coefficient (Wildman–Crippen LogP) is 2.60. The van der Waals surface area contributed by atoms with Gasteiger partial charge in [0.2, 0.25) is 10.0 Å². The second kappa shape index (κ2) is 9.55. The Labute approximate surface area is 191 Å². The molecule has 0 spiro atoms. The molecule has 2 N–H and O–H groups in total. The Morgan fingerprint density at radius 3 is 2.36 bits per heavy atom. The van der Waals surface area contributed by atoms with E-state index in [-0.39, 0.29) is 4.90 Å². The highest BCUT2D eigenvalue weighted by Crippen LogP contribution is 2.40. The highest BCUT2D eigenvalue weighted by atomic mass is 32.2. The first-order chi connectivity index (χ1) is 15.8. The standard InChI is InChI=1S/C23H24N4O5S/c1-16(26-33(30,31)19-10-6-3-7-11-19)23(29)32-15-22(28)24-21-14-20(17-12-13-17)25-27(21)18-8-4-2-5-9-18/h2-11,14,16-17,26H,12-13,15H2,1H3,(H,24,28)/t16-/m0/s1. The summed E-state index contributed by atoms with van der Waals surface area (Å²) >= 11 is 0. The highest BCUT2D eigenvalue weighted by molar-refractivity contribution is 7.89. The number of para-hydroxylation sites is 1. The van der Waals surface area contributed by atoms with Crippen LogP contribution >= 0.6 is 0 Å². The topological polar surface area (TPSA) is 119 Å². The van der Waals surface area contributed by atoms with Crippen molar-refractivity contribution >= 4 is 27.7 Å². The fourth-order valence-corrected chi connectivity index (χ4v) is 4.44. The van der Waals surface area contributed by atoms with Crippen molar-refractivity contribution in [3.05, 3.63) is 72.4 Å². The molecule has 1 aliphatic carbocycles. The molecule has 33 heavy (non-hydrogen) atoms. The molecule has 2 aromatic carbocycles. The van der Waals surface area contributed by atoms with Crippen LogP contribution in [0.25, 0.3) is 5.69 Å². The summed E-state index contributed by atoms with van der Waals surface area (Å²) in [5, 5.41) is 7.33. The van der Waals surface area contributed by atoms with Gasteiger partial charge < -0.3 is 10.1 Å². The third kappa shape index (κ3) is 5.65. The Morgan fingerprint density at radius 2 is 1.73 bits per heavy atom. The van der Waals surface area contributed by atoms with E-state index in [9.17, 15) is 18.0 Å². The molecule has 1 atom stereocenters. The van der Waals surface area contributed by atoms with Gasteiger partial charge in [-0.05, 0) is 44.0 Å². The first-order valence-corrected chi connectivity index (χ1v) is 12.0. The number of anilines is 1. The normalized spacial score (nSPS) is 14.5. The van der Waals surface area contributed by atoms with Gasteiger partial charge in [0.25, 0.3) is 5.91 Å². The lowest BCUT2D eigenvalue weighted by atomic mass is 10.3. The van der Waals surface area contributed by atoms with Crippen molar-refractivity contribution in [2.75, 3.05) is 11.9 Å². The number of carbonyl (C=O) groups excluding carboxylic acids is 2. The van der Waals surface area contributed by atoms with Gasteiger partial charge in [0.15, 0.2) is 6.61 Å². The number of rotatable bonds is 9. The van der Waals surface area contributed by atoms with E-state index in [0.29, 0.717) is 11.7 Å². The van der Waals surface area contributed by atoms with Crippen molar-refractivity contribution in [1.29, 1.82) is 0 Å². The minimum absolute atomic E-state index is 0.0306. The van der Waals surface area contributed by atoms with Crippen LogP contribution in [0.3, 0.4) is 0 Å². The molecule has 0 aliphatic heterocycles.